The Labute approximate surface area is 164 Å². The second-order valence-electron chi connectivity index (χ2n) is 6.90. The lowest BCUT2D eigenvalue weighted by Crippen LogP contribution is -2.43. The summed E-state index contributed by atoms with van der Waals surface area (Å²) < 4.78 is 42.0. The normalized spacial score (nSPS) is 14.2. The molecule has 0 radical (unpaired) electrons. The van der Waals surface area contributed by atoms with Gasteiger partial charge in [-0.2, -0.15) is 4.31 Å². The van der Waals surface area contributed by atoms with Gasteiger partial charge in [0.1, 0.15) is 5.82 Å². The number of halogens is 1. The Hall–Kier alpha value is -2.45. The Morgan fingerprint density at radius 1 is 1.29 bits per heavy atom. The van der Waals surface area contributed by atoms with E-state index >= 15 is 0 Å². The summed E-state index contributed by atoms with van der Waals surface area (Å²) in [4.78, 5) is 14.7. The van der Waals surface area contributed by atoms with E-state index in [1.165, 1.54) is 18.2 Å². The topological polar surface area (TPSA) is 62.6 Å². The number of rotatable bonds is 9. The number of hydrogen-bond acceptors (Lipinski definition) is 3. The molecule has 2 aromatic rings. The van der Waals surface area contributed by atoms with Crippen LogP contribution in [0.25, 0.3) is 0 Å². The summed E-state index contributed by atoms with van der Waals surface area (Å²) >= 11 is 0. The van der Waals surface area contributed by atoms with Crippen LogP contribution in [0.3, 0.4) is 0 Å². The van der Waals surface area contributed by atoms with E-state index in [9.17, 15) is 17.6 Å². The number of sulfonamides is 1. The number of amides is 1. The van der Waals surface area contributed by atoms with Gasteiger partial charge in [-0.3, -0.25) is 4.79 Å². The Bertz CT molecular complexity index is 949. The first-order valence-corrected chi connectivity index (χ1v) is 10.5. The average Bonchev–Trinajstić information content (AvgIpc) is 3.42. The van der Waals surface area contributed by atoms with E-state index in [0.717, 1.165) is 35.0 Å². The number of carbonyl (C=O) groups excluding carboxylic acids is 1. The second-order valence-corrected chi connectivity index (χ2v) is 8.84. The third-order valence-corrected chi connectivity index (χ3v) is 6.61. The summed E-state index contributed by atoms with van der Waals surface area (Å²) in [6.45, 7) is 3.74. The van der Waals surface area contributed by atoms with Gasteiger partial charge < -0.3 is 9.47 Å². The maximum absolute atomic E-state index is 13.2. The van der Waals surface area contributed by atoms with Gasteiger partial charge in [0.05, 0.1) is 18.0 Å². The van der Waals surface area contributed by atoms with E-state index in [4.69, 9.17) is 0 Å². The van der Waals surface area contributed by atoms with Crippen LogP contribution in [0.2, 0.25) is 0 Å². The van der Waals surface area contributed by atoms with Crippen molar-refractivity contribution in [3.05, 3.63) is 66.8 Å². The number of hydrogen-bond donors (Lipinski definition) is 0. The van der Waals surface area contributed by atoms with Gasteiger partial charge >= 0.3 is 0 Å². The van der Waals surface area contributed by atoms with E-state index in [-0.39, 0.29) is 29.9 Å². The molecule has 0 atom stereocenters. The molecule has 150 valence electrons. The molecule has 1 aromatic carbocycles. The fraction of sp³-hybridized carbons (Fsp3) is 0.350. The van der Waals surface area contributed by atoms with Crippen LogP contribution in [0.4, 0.5) is 4.39 Å². The summed E-state index contributed by atoms with van der Waals surface area (Å²) in [5, 5.41) is 0. The average molecular weight is 405 g/mol. The van der Waals surface area contributed by atoms with E-state index in [1.807, 2.05) is 29.9 Å². The molecule has 1 aromatic heterocycles. The van der Waals surface area contributed by atoms with Gasteiger partial charge in [0.2, 0.25) is 15.9 Å². The molecule has 8 heteroatoms. The van der Waals surface area contributed by atoms with Crippen LogP contribution in [0, 0.1) is 5.82 Å². The smallest absolute Gasteiger partial charge is 0.243 e. The molecular weight excluding hydrogens is 381 g/mol. The summed E-state index contributed by atoms with van der Waals surface area (Å²) in [7, 11) is -2.03. The highest BCUT2D eigenvalue weighted by Crippen LogP contribution is 2.29. The van der Waals surface area contributed by atoms with Crippen molar-refractivity contribution in [2.45, 2.75) is 30.3 Å². The molecule has 1 amide bonds. The number of nitrogens with zero attached hydrogens (tertiary/aromatic N) is 3. The molecule has 28 heavy (non-hydrogen) atoms. The fourth-order valence-electron chi connectivity index (χ4n) is 3.03. The minimum atomic E-state index is -3.94. The zero-order valence-electron chi connectivity index (χ0n) is 15.8. The van der Waals surface area contributed by atoms with Gasteiger partial charge in [-0.15, -0.1) is 6.58 Å². The van der Waals surface area contributed by atoms with Crippen LogP contribution in [0.1, 0.15) is 18.5 Å². The fourth-order valence-corrected chi connectivity index (χ4v) is 4.39. The minimum Gasteiger partial charge on any atom is -0.353 e. The zero-order valence-corrected chi connectivity index (χ0v) is 16.6. The molecule has 1 aliphatic rings. The van der Waals surface area contributed by atoms with Gasteiger partial charge in [0.25, 0.3) is 0 Å². The largest absolute Gasteiger partial charge is 0.353 e. The molecular formula is C20H24FN3O3S. The van der Waals surface area contributed by atoms with Gasteiger partial charge in [-0.1, -0.05) is 6.08 Å². The molecule has 0 spiro atoms. The highest BCUT2D eigenvalue weighted by molar-refractivity contribution is 7.89. The number of carbonyl (C=O) groups is 1. The number of aromatic nitrogens is 1. The van der Waals surface area contributed by atoms with E-state index < -0.39 is 15.8 Å². The Balaban J connectivity index is 1.80. The maximum atomic E-state index is 13.2. The first kappa shape index (κ1) is 20.3. The molecule has 0 bridgehead atoms. The Kier molecular flexibility index (Phi) is 6.00. The van der Waals surface area contributed by atoms with Crippen LogP contribution in [-0.2, 0) is 28.4 Å². The standard InChI is InChI=1S/C20H24FN3O3S/c1-3-12-23(28(26,27)19-10-6-16(21)7-11-19)15-20(25)24(17-8-9-17)14-18-5-4-13-22(18)2/h3-7,10-11,13,17H,1,8-9,12,14-15H2,2H3. The molecule has 1 fully saturated rings. The summed E-state index contributed by atoms with van der Waals surface area (Å²) in [5.41, 5.74) is 0.983. The van der Waals surface area contributed by atoms with E-state index in [2.05, 4.69) is 6.58 Å². The molecule has 0 unspecified atom stereocenters. The van der Waals surface area contributed by atoms with Crippen molar-refractivity contribution in [1.29, 1.82) is 0 Å². The molecule has 1 heterocycles. The molecule has 1 saturated carbocycles. The summed E-state index contributed by atoms with van der Waals surface area (Å²) in [5.74, 6) is -0.774. The highest BCUT2D eigenvalue weighted by Gasteiger charge is 2.35. The van der Waals surface area contributed by atoms with Crippen molar-refractivity contribution in [2.24, 2.45) is 7.05 Å². The van der Waals surface area contributed by atoms with E-state index in [0.29, 0.717) is 6.54 Å². The minimum absolute atomic E-state index is 0.00584. The Morgan fingerprint density at radius 2 is 1.96 bits per heavy atom. The quantitative estimate of drug-likeness (QED) is 0.603. The zero-order chi connectivity index (χ0) is 20.3. The van der Waals surface area contributed by atoms with Crippen molar-refractivity contribution >= 4 is 15.9 Å². The van der Waals surface area contributed by atoms with Crippen LogP contribution < -0.4 is 0 Å². The molecule has 6 nitrogen and oxygen atoms in total. The second kappa shape index (κ2) is 8.28. The van der Waals surface area contributed by atoms with Crippen molar-refractivity contribution in [2.75, 3.05) is 13.1 Å². The third kappa shape index (κ3) is 4.51. The monoisotopic (exact) mass is 405 g/mol. The van der Waals surface area contributed by atoms with Gasteiger partial charge in [-0.25, -0.2) is 12.8 Å². The lowest BCUT2D eigenvalue weighted by molar-refractivity contribution is -0.132. The van der Waals surface area contributed by atoms with Crippen LogP contribution in [0.15, 0.2) is 60.1 Å². The van der Waals surface area contributed by atoms with Crippen molar-refractivity contribution in [3.8, 4) is 0 Å². The summed E-state index contributed by atoms with van der Waals surface area (Å²) in [6.07, 6.45) is 5.19. The maximum Gasteiger partial charge on any atom is 0.243 e. The molecule has 0 aliphatic heterocycles. The SMILES string of the molecule is C=CCN(CC(=O)N(Cc1cccn1C)C1CC1)S(=O)(=O)c1ccc(F)cc1. The highest BCUT2D eigenvalue weighted by atomic mass is 32.2. The van der Waals surface area contributed by atoms with Crippen molar-refractivity contribution < 1.29 is 17.6 Å². The summed E-state index contributed by atoms with van der Waals surface area (Å²) in [6, 6.07) is 8.58. The molecule has 0 N–H and O–H groups in total. The van der Waals surface area contributed by atoms with Crippen LogP contribution in [-0.4, -0.2) is 47.2 Å². The van der Waals surface area contributed by atoms with Gasteiger partial charge in [0.15, 0.2) is 0 Å². The first-order chi connectivity index (χ1) is 13.3. The third-order valence-electron chi connectivity index (χ3n) is 4.79. The Morgan fingerprint density at radius 3 is 2.50 bits per heavy atom. The van der Waals surface area contributed by atoms with Crippen molar-refractivity contribution in [1.82, 2.24) is 13.8 Å². The molecule has 3 rings (SSSR count). The van der Waals surface area contributed by atoms with Crippen molar-refractivity contribution in [3.63, 3.8) is 0 Å². The predicted molar refractivity (Wildman–Crippen MR) is 104 cm³/mol. The molecule has 1 aliphatic carbocycles. The first-order valence-electron chi connectivity index (χ1n) is 9.09. The van der Waals surface area contributed by atoms with Crippen LogP contribution in [0.5, 0.6) is 0 Å². The lowest BCUT2D eigenvalue weighted by atomic mass is 10.3. The van der Waals surface area contributed by atoms with Crippen LogP contribution >= 0.6 is 0 Å². The number of benzene rings is 1. The van der Waals surface area contributed by atoms with E-state index in [1.54, 1.807) is 4.90 Å². The predicted octanol–water partition coefficient (Wildman–Crippen LogP) is 2.53. The lowest BCUT2D eigenvalue weighted by Gasteiger charge is -2.27. The number of aryl methyl sites for hydroxylation is 1. The van der Waals surface area contributed by atoms with Gasteiger partial charge in [0, 0.05) is 31.5 Å². The molecule has 0 saturated heterocycles. The van der Waals surface area contributed by atoms with Gasteiger partial charge in [-0.05, 0) is 49.2 Å².